The zero-order chi connectivity index (χ0) is 16.3. The number of nitrogens with one attached hydrogen (secondary N) is 2. The molecular formula is C16H23ClN2O2S. The molecule has 1 aliphatic carbocycles. The number of halogens is 1. The van der Waals surface area contributed by atoms with Gasteiger partial charge in [0.05, 0.1) is 6.04 Å². The molecule has 0 radical (unpaired) electrons. The lowest BCUT2D eigenvalue weighted by atomic mass is 10.0. The average molecular weight is 343 g/mol. The predicted molar refractivity (Wildman–Crippen MR) is 91.5 cm³/mol. The molecule has 1 aliphatic rings. The highest BCUT2D eigenvalue weighted by atomic mass is 35.5. The van der Waals surface area contributed by atoms with Crippen molar-refractivity contribution in [3.63, 3.8) is 0 Å². The van der Waals surface area contributed by atoms with Gasteiger partial charge in [-0.05, 0) is 42.9 Å². The van der Waals surface area contributed by atoms with Crippen molar-refractivity contribution in [3.05, 3.63) is 34.9 Å². The number of hydrogen-bond acceptors (Lipinski definition) is 2. The molecule has 0 bridgehead atoms. The zero-order valence-electron chi connectivity index (χ0n) is 13.1. The fourth-order valence-corrected chi connectivity index (χ4v) is 3.64. The standard InChI is InChI=1S/C16H23ClN2O2S/c1-10-8-14(10)15(12-4-6-13(17)7-5-12)19-16(20)18-11(2)9-22(3)21/h4-7,10-11,14-15H,8-9H2,1-3H3,(H2,18,19,20)/t10-,11-,14-,15-,22+/m1/s1. The molecule has 1 aromatic carbocycles. The van der Waals surface area contributed by atoms with E-state index in [1.807, 2.05) is 31.2 Å². The van der Waals surface area contributed by atoms with Crippen LogP contribution in [0, 0.1) is 11.8 Å². The second kappa shape index (κ2) is 7.47. The van der Waals surface area contributed by atoms with Crippen LogP contribution >= 0.6 is 11.6 Å². The van der Waals surface area contributed by atoms with Gasteiger partial charge in [-0.25, -0.2) is 4.79 Å². The van der Waals surface area contributed by atoms with Crippen LogP contribution in [0.2, 0.25) is 5.02 Å². The molecule has 2 rings (SSSR count). The van der Waals surface area contributed by atoms with Gasteiger partial charge in [-0.1, -0.05) is 30.7 Å². The van der Waals surface area contributed by atoms with Gasteiger partial charge in [0, 0.05) is 33.9 Å². The number of benzene rings is 1. The number of carbonyl (C=O) groups is 1. The van der Waals surface area contributed by atoms with Gasteiger partial charge in [0.2, 0.25) is 0 Å². The molecule has 0 aromatic heterocycles. The number of hydrogen-bond donors (Lipinski definition) is 2. The van der Waals surface area contributed by atoms with E-state index in [-0.39, 0.29) is 18.1 Å². The van der Waals surface area contributed by atoms with Crippen molar-refractivity contribution >= 4 is 28.4 Å². The lowest BCUT2D eigenvalue weighted by Gasteiger charge is -2.21. The molecular weight excluding hydrogens is 320 g/mol. The summed E-state index contributed by atoms with van der Waals surface area (Å²) in [6.45, 7) is 4.05. The topological polar surface area (TPSA) is 58.2 Å². The number of urea groups is 1. The van der Waals surface area contributed by atoms with Crippen LogP contribution < -0.4 is 10.6 Å². The molecule has 0 saturated heterocycles. The van der Waals surface area contributed by atoms with Crippen molar-refractivity contribution in [2.45, 2.75) is 32.4 Å². The molecule has 2 amide bonds. The van der Waals surface area contributed by atoms with Crippen LogP contribution in [0.4, 0.5) is 4.79 Å². The molecule has 0 spiro atoms. The van der Waals surface area contributed by atoms with Gasteiger partial charge in [-0.3, -0.25) is 4.21 Å². The third-order valence-corrected chi connectivity index (χ3v) is 5.20. The summed E-state index contributed by atoms with van der Waals surface area (Å²) in [5.74, 6) is 1.53. The third-order valence-electron chi connectivity index (χ3n) is 3.98. The third kappa shape index (κ3) is 4.99. The van der Waals surface area contributed by atoms with E-state index in [1.165, 1.54) is 0 Å². The first-order valence-corrected chi connectivity index (χ1v) is 9.60. The van der Waals surface area contributed by atoms with Crippen molar-refractivity contribution in [1.29, 1.82) is 0 Å². The highest BCUT2D eigenvalue weighted by molar-refractivity contribution is 7.84. The summed E-state index contributed by atoms with van der Waals surface area (Å²) < 4.78 is 11.2. The Hall–Kier alpha value is -1.07. The van der Waals surface area contributed by atoms with Crippen LogP contribution in [0.1, 0.15) is 31.9 Å². The van der Waals surface area contributed by atoms with Crippen molar-refractivity contribution < 1.29 is 9.00 Å². The van der Waals surface area contributed by atoms with Crippen LogP contribution in [0.15, 0.2) is 24.3 Å². The lowest BCUT2D eigenvalue weighted by Crippen LogP contribution is -2.44. The van der Waals surface area contributed by atoms with Crippen molar-refractivity contribution in [1.82, 2.24) is 10.6 Å². The molecule has 1 aromatic rings. The van der Waals surface area contributed by atoms with E-state index < -0.39 is 10.8 Å². The van der Waals surface area contributed by atoms with Crippen LogP contribution in [0.25, 0.3) is 0 Å². The largest absolute Gasteiger partial charge is 0.335 e. The van der Waals surface area contributed by atoms with Gasteiger partial charge in [-0.2, -0.15) is 0 Å². The van der Waals surface area contributed by atoms with Crippen molar-refractivity contribution in [2.24, 2.45) is 11.8 Å². The minimum atomic E-state index is -0.923. The van der Waals surface area contributed by atoms with E-state index in [0.717, 1.165) is 12.0 Å². The van der Waals surface area contributed by atoms with Gasteiger partial charge >= 0.3 is 6.03 Å². The molecule has 122 valence electrons. The van der Waals surface area contributed by atoms with E-state index >= 15 is 0 Å². The van der Waals surface area contributed by atoms with Crippen molar-refractivity contribution in [3.8, 4) is 0 Å². The zero-order valence-corrected chi connectivity index (χ0v) is 14.7. The van der Waals surface area contributed by atoms with E-state index in [0.29, 0.717) is 22.6 Å². The summed E-state index contributed by atoms with van der Waals surface area (Å²) in [5.41, 5.74) is 1.07. The molecule has 1 saturated carbocycles. The molecule has 6 heteroatoms. The summed E-state index contributed by atoms with van der Waals surface area (Å²) in [6.07, 6.45) is 2.75. The Labute approximate surface area is 139 Å². The molecule has 0 unspecified atom stereocenters. The Morgan fingerprint density at radius 2 is 1.95 bits per heavy atom. The van der Waals surface area contributed by atoms with Crippen LogP contribution in [0.3, 0.4) is 0 Å². The summed E-state index contributed by atoms with van der Waals surface area (Å²) in [6, 6.07) is 7.28. The first-order valence-electron chi connectivity index (χ1n) is 7.49. The van der Waals surface area contributed by atoms with Gasteiger partial charge < -0.3 is 10.6 Å². The Morgan fingerprint density at radius 3 is 2.45 bits per heavy atom. The SMILES string of the molecule is C[C@H](C[S@](C)=O)NC(=O)N[C@H](c1ccc(Cl)cc1)[C@@H]1C[C@H]1C. The van der Waals surface area contributed by atoms with E-state index in [2.05, 4.69) is 17.6 Å². The Morgan fingerprint density at radius 1 is 1.36 bits per heavy atom. The maximum atomic E-state index is 12.2. The first kappa shape index (κ1) is 17.3. The first-order chi connectivity index (χ1) is 10.4. The van der Waals surface area contributed by atoms with Gasteiger partial charge in [0.1, 0.15) is 0 Å². The molecule has 5 atom stereocenters. The second-order valence-corrected chi connectivity index (χ2v) is 8.08. The Kier molecular flexibility index (Phi) is 5.87. The summed E-state index contributed by atoms with van der Waals surface area (Å²) in [7, 11) is -0.923. The fourth-order valence-electron chi connectivity index (χ4n) is 2.72. The smallest absolute Gasteiger partial charge is 0.315 e. The highest BCUT2D eigenvalue weighted by Gasteiger charge is 2.41. The molecule has 0 heterocycles. The predicted octanol–water partition coefficient (Wildman–Crippen LogP) is 3.10. The molecule has 22 heavy (non-hydrogen) atoms. The highest BCUT2D eigenvalue weighted by Crippen LogP contribution is 2.47. The average Bonchev–Trinajstić information content (AvgIpc) is 3.13. The number of rotatable bonds is 6. The van der Waals surface area contributed by atoms with Crippen molar-refractivity contribution in [2.75, 3.05) is 12.0 Å². The Bertz CT molecular complexity index is 550. The molecule has 2 N–H and O–H groups in total. The van der Waals surface area contributed by atoms with Gasteiger partial charge in [0.15, 0.2) is 0 Å². The lowest BCUT2D eigenvalue weighted by molar-refractivity contribution is 0.233. The molecule has 4 nitrogen and oxygen atoms in total. The summed E-state index contributed by atoms with van der Waals surface area (Å²) >= 11 is 5.93. The monoisotopic (exact) mass is 342 g/mol. The normalized spacial score (nSPS) is 24.2. The molecule has 0 aliphatic heterocycles. The van der Waals surface area contributed by atoms with Crippen LogP contribution in [-0.4, -0.2) is 28.3 Å². The van der Waals surface area contributed by atoms with Crippen LogP contribution in [0.5, 0.6) is 0 Å². The van der Waals surface area contributed by atoms with Gasteiger partial charge in [-0.15, -0.1) is 0 Å². The number of amides is 2. The summed E-state index contributed by atoms with van der Waals surface area (Å²) in [4.78, 5) is 12.2. The van der Waals surface area contributed by atoms with E-state index in [9.17, 15) is 9.00 Å². The maximum Gasteiger partial charge on any atom is 0.315 e. The quantitative estimate of drug-likeness (QED) is 0.834. The minimum Gasteiger partial charge on any atom is -0.335 e. The molecule has 1 fully saturated rings. The van der Waals surface area contributed by atoms with E-state index in [1.54, 1.807) is 6.26 Å². The maximum absolute atomic E-state index is 12.2. The second-order valence-electron chi connectivity index (χ2n) is 6.16. The van der Waals surface area contributed by atoms with Gasteiger partial charge in [0.25, 0.3) is 0 Å². The fraction of sp³-hybridized carbons (Fsp3) is 0.562. The van der Waals surface area contributed by atoms with Crippen LogP contribution in [-0.2, 0) is 10.8 Å². The summed E-state index contributed by atoms with van der Waals surface area (Å²) in [5, 5.41) is 6.60. The van der Waals surface area contributed by atoms with E-state index in [4.69, 9.17) is 11.6 Å². The Balaban J connectivity index is 2.00. The minimum absolute atomic E-state index is 0.00779. The number of carbonyl (C=O) groups excluding carboxylic acids is 1.